The van der Waals surface area contributed by atoms with Crippen LogP contribution in [0.4, 0.5) is 5.69 Å². The molecular weight excluding hydrogens is 512 g/mol. The van der Waals surface area contributed by atoms with Crippen molar-refractivity contribution in [1.82, 2.24) is 9.47 Å². The summed E-state index contributed by atoms with van der Waals surface area (Å²) in [5.74, 6) is 0.500. The Balaban J connectivity index is 1.62. The molecule has 0 N–H and O–H groups in total. The number of aromatic nitrogens is 1. The van der Waals surface area contributed by atoms with Gasteiger partial charge in [0.25, 0.3) is 11.5 Å². The number of rotatable bonds is 7. The second kappa shape index (κ2) is 11.6. The third-order valence-electron chi connectivity index (χ3n) is 7.30. The van der Waals surface area contributed by atoms with Crippen LogP contribution in [0, 0.1) is 0 Å². The first-order chi connectivity index (χ1) is 19.0. The predicted octanol–water partition coefficient (Wildman–Crippen LogP) is 2.95. The lowest BCUT2D eigenvalue weighted by Crippen LogP contribution is -2.43. The van der Waals surface area contributed by atoms with Crippen LogP contribution in [0.15, 0.2) is 69.6 Å². The molecule has 1 saturated heterocycles. The number of likely N-dealkylation sites (N-methyl/N-ethyl adjacent to an activating group) is 1. The van der Waals surface area contributed by atoms with E-state index < -0.39 is 6.04 Å². The molecule has 9 heteroatoms. The lowest BCUT2D eigenvalue weighted by atomic mass is 9.94. The van der Waals surface area contributed by atoms with Crippen LogP contribution in [0.5, 0.6) is 5.75 Å². The Hall–Kier alpha value is -3.69. The summed E-state index contributed by atoms with van der Waals surface area (Å²) in [6.45, 7) is 10.1. The Kier molecular flexibility index (Phi) is 7.99. The molecule has 0 saturated carbocycles. The SMILES string of the molecule is CCN(CC)C(=O)C1=C(C)N=c2s/c(=C\c3ccc(N4CCOCC4)cc3)c(=O)n2[C@H]1c1ccccc1OC. The highest BCUT2D eigenvalue weighted by Gasteiger charge is 2.35. The molecule has 204 valence electrons. The van der Waals surface area contributed by atoms with E-state index in [1.807, 2.05) is 63.2 Å². The van der Waals surface area contributed by atoms with Gasteiger partial charge in [0.15, 0.2) is 4.80 Å². The Labute approximate surface area is 232 Å². The second-order valence-corrected chi connectivity index (χ2v) is 10.5. The van der Waals surface area contributed by atoms with Crippen LogP contribution in [0.25, 0.3) is 6.08 Å². The fraction of sp³-hybridized carbons (Fsp3) is 0.367. The van der Waals surface area contributed by atoms with E-state index in [0.29, 0.717) is 39.4 Å². The van der Waals surface area contributed by atoms with Crippen molar-refractivity contribution in [2.45, 2.75) is 26.8 Å². The number of benzene rings is 2. The third-order valence-corrected chi connectivity index (χ3v) is 8.29. The van der Waals surface area contributed by atoms with E-state index in [2.05, 4.69) is 17.0 Å². The van der Waals surface area contributed by atoms with Gasteiger partial charge in [-0.05, 0) is 50.6 Å². The molecule has 1 amide bonds. The van der Waals surface area contributed by atoms with E-state index in [4.69, 9.17) is 14.5 Å². The van der Waals surface area contributed by atoms with Crippen molar-refractivity contribution in [2.75, 3.05) is 51.4 Å². The van der Waals surface area contributed by atoms with Gasteiger partial charge in [0.2, 0.25) is 0 Å². The van der Waals surface area contributed by atoms with Gasteiger partial charge in [0.1, 0.15) is 11.8 Å². The van der Waals surface area contributed by atoms with E-state index in [1.54, 1.807) is 16.6 Å². The van der Waals surface area contributed by atoms with E-state index in [1.165, 1.54) is 11.3 Å². The number of morpholine rings is 1. The van der Waals surface area contributed by atoms with Crippen molar-refractivity contribution in [1.29, 1.82) is 0 Å². The van der Waals surface area contributed by atoms with Gasteiger partial charge in [0, 0.05) is 37.4 Å². The van der Waals surface area contributed by atoms with Crippen LogP contribution in [-0.2, 0) is 9.53 Å². The molecule has 3 aromatic rings. The van der Waals surface area contributed by atoms with Crippen LogP contribution >= 0.6 is 11.3 Å². The van der Waals surface area contributed by atoms with E-state index >= 15 is 0 Å². The molecule has 1 aromatic heterocycles. The largest absolute Gasteiger partial charge is 0.496 e. The number of amides is 1. The number of para-hydroxylation sites is 1. The number of fused-ring (bicyclic) bond motifs is 1. The molecule has 3 heterocycles. The minimum absolute atomic E-state index is 0.120. The van der Waals surface area contributed by atoms with Crippen molar-refractivity contribution < 1.29 is 14.3 Å². The minimum Gasteiger partial charge on any atom is -0.496 e. The molecule has 0 radical (unpaired) electrons. The summed E-state index contributed by atoms with van der Waals surface area (Å²) in [4.78, 5) is 37.1. The number of allylic oxidation sites excluding steroid dienone is 1. The molecule has 2 aliphatic rings. The summed E-state index contributed by atoms with van der Waals surface area (Å²) in [7, 11) is 1.60. The first kappa shape index (κ1) is 26.9. The number of methoxy groups -OCH3 is 1. The summed E-state index contributed by atoms with van der Waals surface area (Å²) in [5, 5.41) is 0. The zero-order chi connectivity index (χ0) is 27.5. The van der Waals surface area contributed by atoms with Crippen molar-refractivity contribution >= 4 is 29.0 Å². The van der Waals surface area contributed by atoms with Crippen molar-refractivity contribution in [3.63, 3.8) is 0 Å². The lowest BCUT2D eigenvalue weighted by Gasteiger charge is -2.29. The zero-order valence-corrected chi connectivity index (χ0v) is 23.7. The van der Waals surface area contributed by atoms with Crippen molar-refractivity contribution in [3.05, 3.63) is 90.6 Å². The van der Waals surface area contributed by atoms with Gasteiger partial charge in [-0.1, -0.05) is 41.7 Å². The van der Waals surface area contributed by atoms with Gasteiger partial charge < -0.3 is 19.3 Å². The monoisotopic (exact) mass is 546 g/mol. The van der Waals surface area contributed by atoms with Crippen molar-refractivity contribution in [2.24, 2.45) is 4.99 Å². The smallest absolute Gasteiger partial charge is 0.271 e. The Morgan fingerprint density at radius 1 is 1.13 bits per heavy atom. The number of thiazole rings is 1. The first-order valence-corrected chi connectivity index (χ1v) is 14.2. The molecule has 2 aliphatic heterocycles. The summed E-state index contributed by atoms with van der Waals surface area (Å²) in [6.07, 6.45) is 1.90. The third kappa shape index (κ3) is 5.16. The number of anilines is 1. The lowest BCUT2D eigenvalue weighted by molar-refractivity contribution is -0.127. The summed E-state index contributed by atoms with van der Waals surface area (Å²) < 4.78 is 13.4. The molecule has 5 rings (SSSR count). The van der Waals surface area contributed by atoms with E-state index in [-0.39, 0.29) is 11.5 Å². The van der Waals surface area contributed by atoms with Crippen LogP contribution < -0.4 is 24.5 Å². The highest BCUT2D eigenvalue weighted by molar-refractivity contribution is 7.07. The fourth-order valence-electron chi connectivity index (χ4n) is 5.22. The normalized spacial score (nSPS) is 17.6. The van der Waals surface area contributed by atoms with Crippen molar-refractivity contribution in [3.8, 4) is 5.75 Å². The standard InChI is InChI=1S/C30H34N4O4S/c1-5-32(6-2)29(36)26-20(3)31-30-34(27(26)23-9-7-8-10-24(23)37-4)28(35)25(39-30)19-21-11-13-22(14-12-21)33-15-17-38-18-16-33/h7-14,19,27H,5-6,15-18H2,1-4H3/b25-19-/t27-/m0/s1. The summed E-state index contributed by atoms with van der Waals surface area (Å²) in [5.41, 5.74) is 3.77. The number of carbonyl (C=O) groups excluding carboxylic acids is 1. The van der Waals surface area contributed by atoms with Crippen LogP contribution in [0.1, 0.15) is 37.9 Å². The molecule has 8 nitrogen and oxygen atoms in total. The molecule has 0 spiro atoms. The van der Waals surface area contributed by atoms with Gasteiger partial charge in [-0.3, -0.25) is 14.2 Å². The Morgan fingerprint density at radius 2 is 1.82 bits per heavy atom. The quantitative estimate of drug-likeness (QED) is 0.456. The van der Waals surface area contributed by atoms with Gasteiger partial charge in [-0.15, -0.1) is 0 Å². The number of hydrogen-bond acceptors (Lipinski definition) is 7. The summed E-state index contributed by atoms with van der Waals surface area (Å²) >= 11 is 1.34. The molecule has 0 unspecified atom stereocenters. The van der Waals surface area contributed by atoms with Gasteiger partial charge >= 0.3 is 0 Å². The predicted molar refractivity (Wildman–Crippen MR) is 154 cm³/mol. The zero-order valence-electron chi connectivity index (χ0n) is 22.8. The van der Waals surface area contributed by atoms with Gasteiger partial charge in [-0.25, -0.2) is 4.99 Å². The number of ether oxygens (including phenoxy) is 2. The molecule has 2 aromatic carbocycles. The van der Waals surface area contributed by atoms with Crippen LogP contribution in [-0.4, -0.2) is 61.9 Å². The van der Waals surface area contributed by atoms with Gasteiger partial charge in [0.05, 0.1) is 36.1 Å². The molecule has 1 atom stereocenters. The maximum absolute atomic E-state index is 14.0. The van der Waals surface area contributed by atoms with Gasteiger partial charge in [-0.2, -0.15) is 0 Å². The second-order valence-electron chi connectivity index (χ2n) is 9.49. The maximum Gasteiger partial charge on any atom is 0.271 e. The van der Waals surface area contributed by atoms with E-state index in [0.717, 1.165) is 43.1 Å². The highest BCUT2D eigenvalue weighted by Crippen LogP contribution is 2.36. The highest BCUT2D eigenvalue weighted by atomic mass is 32.1. The van der Waals surface area contributed by atoms with E-state index in [9.17, 15) is 9.59 Å². The van der Waals surface area contributed by atoms with Crippen LogP contribution in [0.3, 0.4) is 0 Å². The number of hydrogen-bond donors (Lipinski definition) is 0. The topological polar surface area (TPSA) is 76.4 Å². The Morgan fingerprint density at radius 3 is 2.49 bits per heavy atom. The Bertz CT molecular complexity index is 1560. The maximum atomic E-state index is 14.0. The molecule has 0 aliphatic carbocycles. The average molecular weight is 547 g/mol. The minimum atomic E-state index is -0.642. The van der Waals surface area contributed by atoms with Crippen LogP contribution in [0.2, 0.25) is 0 Å². The number of nitrogens with zero attached hydrogens (tertiary/aromatic N) is 4. The number of carbonyl (C=O) groups is 1. The molecule has 39 heavy (non-hydrogen) atoms. The molecular formula is C30H34N4O4S. The molecule has 0 bridgehead atoms. The fourth-order valence-corrected chi connectivity index (χ4v) is 6.26. The average Bonchev–Trinajstić information content (AvgIpc) is 3.27. The summed E-state index contributed by atoms with van der Waals surface area (Å²) in [6, 6.07) is 15.1. The molecule has 1 fully saturated rings. The first-order valence-electron chi connectivity index (χ1n) is 13.3.